The molecule has 0 saturated heterocycles. The predicted molar refractivity (Wildman–Crippen MR) is 64.0 cm³/mol. The van der Waals surface area contributed by atoms with Gasteiger partial charge in [0.2, 0.25) is 0 Å². The van der Waals surface area contributed by atoms with Gasteiger partial charge in [-0.3, -0.25) is 0 Å². The molecule has 0 bridgehead atoms. The summed E-state index contributed by atoms with van der Waals surface area (Å²) in [4.78, 5) is 0. The molecule has 2 N–H and O–H groups in total. The molecule has 4 nitrogen and oxygen atoms in total. The molecule has 4 heteroatoms. The smallest absolute Gasteiger partial charge is 0.0722 e. The van der Waals surface area contributed by atoms with E-state index >= 15 is 0 Å². The number of nitrogens with zero attached hydrogens (tertiary/aromatic N) is 3. The summed E-state index contributed by atoms with van der Waals surface area (Å²) in [6.07, 6.45) is 1.77. The van der Waals surface area contributed by atoms with Crippen LogP contribution in [-0.2, 0) is 6.54 Å². The Morgan fingerprint density at radius 1 is 1.44 bits per heavy atom. The van der Waals surface area contributed by atoms with Crippen molar-refractivity contribution in [3.63, 3.8) is 0 Å². The number of benzene rings is 1. The lowest BCUT2D eigenvalue weighted by Gasteiger charge is -2.13. The van der Waals surface area contributed by atoms with Crippen molar-refractivity contribution in [2.24, 2.45) is 0 Å². The molecule has 0 saturated carbocycles. The number of hydrogen-bond donors (Lipinski definition) is 1. The average molecular weight is 216 g/mol. The fraction of sp³-hybridized carbons (Fsp3) is 0.333. The van der Waals surface area contributed by atoms with Crippen LogP contribution in [0.1, 0.15) is 24.1 Å². The van der Waals surface area contributed by atoms with E-state index < -0.39 is 0 Å². The van der Waals surface area contributed by atoms with Crippen LogP contribution < -0.4 is 5.73 Å². The van der Waals surface area contributed by atoms with Gasteiger partial charge in [-0.25, -0.2) is 4.68 Å². The summed E-state index contributed by atoms with van der Waals surface area (Å²) in [6, 6.07) is 7.98. The van der Waals surface area contributed by atoms with Crippen LogP contribution in [0.5, 0.6) is 0 Å². The van der Waals surface area contributed by atoms with Crippen molar-refractivity contribution in [3.05, 3.63) is 41.7 Å². The Kier molecular flexibility index (Phi) is 2.90. The average Bonchev–Trinajstić information content (AvgIpc) is 2.64. The lowest BCUT2D eigenvalue weighted by molar-refractivity contribution is 0.517. The van der Waals surface area contributed by atoms with E-state index in [1.165, 1.54) is 5.56 Å². The third-order valence-electron chi connectivity index (χ3n) is 2.74. The molecule has 1 aromatic heterocycles. The summed E-state index contributed by atoms with van der Waals surface area (Å²) in [5.41, 5.74) is 8.88. The first-order chi connectivity index (χ1) is 7.66. The van der Waals surface area contributed by atoms with Gasteiger partial charge in [0.15, 0.2) is 0 Å². The van der Waals surface area contributed by atoms with Crippen LogP contribution in [0, 0.1) is 6.92 Å². The number of hydrogen-bond acceptors (Lipinski definition) is 3. The van der Waals surface area contributed by atoms with Crippen LogP contribution in [0.2, 0.25) is 0 Å². The lowest BCUT2D eigenvalue weighted by Crippen LogP contribution is -2.09. The highest BCUT2D eigenvalue weighted by Gasteiger charge is 2.08. The zero-order valence-electron chi connectivity index (χ0n) is 9.59. The third kappa shape index (κ3) is 2.21. The molecule has 0 radical (unpaired) electrons. The molecule has 0 fully saturated rings. The van der Waals surface area contributed by atoms with Crippen molar-refractivity contribution >= 4 is 5.69 Å². The van der Waals surface area contributed by atoms with Gasteiger partial charge in [0, 0.05) is 18.2 Å². The monoisotopic (exact) mass is 216 g/mol. The minimum atomic E-state index is 0.379. The van der Waals surface area contributed by atoms with E-state index in [0.717, 1.165) is 17.9 Å². The second kappa shape index (κ2) is 4.35. The van der Waals surface area contributed by atoms with Crippen molar-refractivity contribution in [3.8, 4) is 0 Å². The Morgan fingerprint density at radius 2 is 2.25 bits per heavy atom. The molecule has 1 aromatic carbocycles. The van der Waals surface area contributed by atoms with Crippen LogP contribution >= 0.6 is 0 Å². The minimum absolute atomic E-state index is 0.379. The van der Waals surface area contributed by atoms with E-state index in [2.05, 4.69) is 23.3 Å². The normalized spacial score (nSPS) is 12.6. The maximum atomic E-state index is 5.76. The standard InChI is InChI=1S/C12H16N4/c1-9(8-16-10(2)7-14-15-16)11-4-3-5-12(13)6-11/h3-7,9H,8,13H2,1-2H3. The molecule has 0 aliphatic heterocycles. The summed E-state index contributed by atoms with van der Waals surface area (Å²) in [5.74, 6) is 0.379. The molecule has 1 heterocycles. The second-order valence-electron chi connectivity index (χ2n) is 4.13. The van der Waals surface area contributed by atoms with E-state index in [1.807, 2.05) is 29.8 Å². The van der Waals surface area contributed by atoms with Crippen LogP contribution in [0.25, 0.3) is 0 Å². The number of nitrogens with two attached hydrogens (primary N) is 1. The Bertz CT molecular complexity index is 475. The highest BCUT2D eigenvalue weighted by atomic mass is 15.4. The molecule has 84 valence electrons. The van der Waals surface area contributed by atoms with Gasteiger partial charge in [0.05, 0.1) is 11.9 Å². The topological polar surface area (TPSA) is 56.7 Å². The van der Waals surface area contributed by atoms with Crippen molar-refractivity contribution < 1.29 is 0 Å². The summed E-state index contributed by atoms with van der Waals surface area (Å²) in [5, 5.41) is 7.91. The molecule has 16 heavy (non-hydrogen) atoms. The summed E-state index contributed by atoms with van der Waals surface area (Å²) < 4.78 is 1.91. The molecular weight excluding hydrogens is 200 g/mol. The van der Waals surface area contributed by atoms with Gasteiger partial charge in [-0.2, -0.15) is 0 Å². The highest BCUT2D eigenvalue weighted by Crippen LogP contribution is 2.19. The zero-order chi connectivity index (χ0) is 11.5. The van der Waals surface area contributed by atoms with Crippen LogP contribution in [0.3, 0.4) is 0 Å². The van der Waals surface area contributed by atoms with Crippen molar-refractivity contribution in [1.82, 2.24) is 15.0 Å². The van der Waals surface area contributed by atoms with Crippen molar-refractivity contribution in [1.29, 1.82) is 0 Å². The van der Waals surface area contributed by atoms with Crippen LogP contribution in [0.15, 0.2) is 30.5 Å². The molecular formula is C12H16N4. The molecule has 0 aliphatic rings. The Labute approximate surface area is 95.1 Å². The first-order valence-corrected chi connectivity index (χ1v) is 5.37. The Hall–Kier alpha value is -1.84. The lowest BCUT2D eigenvalue weighted by atomic mass is 10.0. The fourth-order valence-corrected chi connectivity index (χ4v) is 1.72. The molecule has 2 rings (SSSR count). The Morgan fingerprint density at radius 3 is 2.88 bits per heavy atom. The zero-order valence-corrected chi connectivity index (χ0v) is 9.59. The summed E-state index contributed by atoms with van der Waals surface area (Å²) in [6.45, 7) is 5.00. The van der Waals surface area contributed by atoms with Gasteiger partial charge in [-0.1, -0.05) is 24.3 Å². The van der Waals surface area contributed by atoms with Crippen molar-refractivity contribution in [2.45, 2.75) is 26.3 Å². The van der Waals surface area contributed by atoms with E-state index in [1.54, 1.807) is 6.20 Å². The first-order valence-electron chi connectivity index (χ1n) is 5.37. The van der Waals surface area contributed by atoms with Crippen molar-refractivity contribution in [2.75, 3.05) is 5.73 Å². The van der Waals surface area contributed by atoms with E-state index in [0.29, 0.717) is 5.92 Å². The van der Waals surface area contributed by atoms with Crippen LogP contribution in [-0.4, -0.2) is 15.0 Å². The van der Waals surface area contributed by atoms with Gasteiger partial charge < -0.3 is 5.73 Å². The summed E-state index contributed by atoms with van der Waals surface area (Å²) in [7, 11) is 0. The molecule has 0 aliphatic carbocycles. The highest BCUT2D eigenvalue weighted by molar-refractivity contribution is 5.41. The predicted octanol–water partition coefficient (Wildman–Crippen LogP) is 1.97. The summed E-state index contributed by atoms with van der Waals surface area (Å²) >= 11 is 0. The fourth-order valence-electron chi connectivity index (χ4n) is 1.72. The quantitative estimate of drug-likeness (QED) is 0.798. The molecule has 0 spiro atoms. The molecule has 0 amide bonds. The SMILES string of the molecule is Cc1cnnn1CC(C)c1cccc(N)c1. The van der Waals surface area contributed by atoms with E-state index in [9.17, 15) is 0 Å². The van der Waals surface area contributed by atoms with Gasteiger partial charge in [0.1, 0.15) is 0 Å². The van der Waals surface area contributed by atoms with E-state index in [4.69, 9.17) is 5.73 Å². The van der Waals surface area contributed by atoms with Gasteiger partial charge in [-0.15, -0.1) is 5.10 Å². The largest absolute Gasteiger partial charge is 0.399 e. The van der Waals surface area contributed by atoms with Crippen LogP contribution in [0.4, 0.5) is 5.69 Å². The maximum absolute atomic E-state index is 5.76. The molecule has 1 unspecified atom stereocenters. The van der Waals surface area contributed by atoms with Gasteiger partial charge in [-0.05, 0) is 24.6 Å². The Balaban J connectivity index is 2.14. The second-order valence-corrected chi connectivity index (χ2v) is 4.13. The minimum Gasteiger partial charge on any atom is -0.399 e. The number of anilines is 1. The third-order valence-corrected chi connectivity index (χ3v) is 2.74. The van der Waals surface area contributed by atoms with E-state index in [-0.39, 0.29) is 0 Å². The number of nitrogen functional groups attached to an aromatic ring is 1. The first kappa shape index (κ1) is 10.7. The maximum Gasteiger partial charge on any atom is 0.0722 e. The number of rotatable bonds is 3. The van der Waals surface area contributed by atoms with Gasteiger partial charge >= 0.3 is 0 Å². The van der Waals surface area contributed by atoms with Gasteiger partial charge in [0.25, 0.3) is 0 Å². The number of aryl methyl sites for hydroxylation is 1. The number of aromatic nitrogens is 3. The molecule has 1 atom stereocenters. The molecule has 2 aromatic rings.